The van der Waals surface area contributed by atoms with E-state index in [0.29, 0.717) is 47.2 Å². The van der Waals surface area contributed by atoms with Gasteiger partial charge in [-0.25, -0.2) is 0 Å². The van der Waals surface area contributed by atoms with Gasteiger partial charge in [0.2, 0.25) is 11.8 Å². The van der Waals surface area contributed by atoms with Gasteiger partial charge in [0.05, 0.1) is 47.6 Å². The maximum absolute atomic E-state index is 15.3. The number of rotatable bonds is 10. The monoisotopic (exact) mass is 717 g/mol. The molecule has 0 unspecified atom stereocenters. The lowest BCUT2D eigenvalue weighted by atomic mass is 9.49. The average Bonchev–Trinajstić information content (AvgIpc) is 3.49. The summed E-state index contributed by atoms with van der Waals surface area (Å²) in [6, 6.07) is 19.2. The summed E-state index contributed by atoms with van der Waals surface area (Å²) in [5, 5.41) is 11.0. The van der Waals surface area contributed by atoms with Crippen molar-refractivity contribution < 1.29 is 33.8 Å². The molecule has 0 spiro atoms. The van der Waals surface area contributed by atoms with Gasteiger partial charge in [-0.2, -0.15) is 5.01 Å². The topological polar surface area (TPSA) is 125 Å². The van der Waals surface area contributed by atoms with Gasteiger partial charge in [0.1, 0.15) is 18.1 Å². The summed E-state index contributed by atoms with van der Waals surface area (Å²) < 4.78 is 11.1. The Hall–Kier alpha value is -4.38. The Morgan fingerprint density at radius 3 is 2.30 bits per heavy atom. The quantitative estimate of drug-likeness (QED) is 0.200. The Bertz CT molecular complexity index is 1880. The molecule has 2 N–H and O–H groups in total. The van der Waals surface area contributed by atoms with Gasteiger partial charge >= 0.3 is 0 Å². The lowest BCUT2D eigenvalue weighted by Gasteiger charge is -2.50. The number of hydrogen-bond acceptors (Lipinski definition) is 8. The normalized spacial score (nSPS) is 27.1. The number of ether oxygens (including phenoxy) is 2. The van der Waals surface area contributed by atoms with Crippen molar-refractivity contribution >= 4 is 52.5 Å². The molecule has 0 radical (unpaired) electrons. The second kappa shape index (κ2) is 13.4. The van der Waals surface area contributed by atoms with Crippen molar-refractivity contribution in [1.29, 1.82) is 0 Å². The Kier molecular flexibility index (Phi) is 9.13. The van der Waals surface area contributed by atoms with Crippen LogP contribution in [0.2, 0.25) is 10.0 Å². The van der Waals surface area contributed by atoms with E-state index in [4.69, 9.17) is 32.7 Å². The molecule has 7 rings (SSSR count). The van der Waals surface area contributed by atoms with E-state index in [0.717, 1.165) is 16.1 Å². The first kappa shape index (κ1) is 34.1. The molecule has 4 amide bonds. The molecule has 12 heteroatoms. The minimum atomic E-state index is -1.45. The van der Waals surface area contributed by atoms with Crippen LogP contribution in [-0.2, 0) is 24.6 Å². The van der Waals surface area contributed by atoms with Gasteiger partial charge in [0.25, 0.3) is 11.8 Å². The number of benzene rings is 3. The van der Waals surface area contributed by atoms with Crippen molar-refractivity contribution in [3.05, 3.63) is 99.6 Å². The maximum Gasteiger partial charge on any atom is 0.260 e. The van der Waals surface area contributed by atoms with Crippen LogP contribution < -0.4 is 14.9 Å². The predicted molar refractivity (Wildman–Crippen MR) is 187 cm³/mol. The predicted octanol–water partition coefficient (Wildman–Crippen LogP) is 5.77. The fraction of sp³-hybridized carbons (Fsp3) is 0.368. The number of nitrogens with zero attached hydrogens (tertiary/aromatic N) is 2. The van der Waals surface area contributed by atoms with Crippen LogP contribution in [0.4, 0.5) is 5.69 Å². The standard InChI is InChI=1S/C38H37Cl2N3O7/c1-3-16-42-34(45)27-14-13-26-28(32(27)36(42)47)20-29-35(46)43(41-31-15-8-23(39)19-30(31)40)37(48)38(29,22-6-11-24(49-2)12-7-22)33(26)21-4-9-25(10-5-21)50-18-17-44/h4-13,15,19,27-29,32-33,41,44H,3,14,16-18,20H2,1-2H3/t27-,28+,29-,32-,33-,38+/m0/s1. The summed E-state index contributed by atoms with van der Waals surface area (Å²) in [6.07, 6.45) is 3.20. The highest BCUT2D eigenvalue weighted by Gasteiger charge is 2.70. The van der Waals surface area contributed by atoms with Crippen LogP contribution in [0, 0.1) is 23.7 Å². The van der Waals surface area contributed by atoms with E-state index in [2.05, 4.69) is 5.43 Å². The second-order valence-corrected chi connectivity index (χ2v) is 14.0. The zero-order valence-electron chi connectivity index (χ0n) is 27.6. The van der Waals surface area contributed by atoms with Gasteiger partial charge in [0, 0.05) is 17.5 Å². The lowest BCUT2D eigenvalue weighted by Crippen LogP contribution is -2.53. The number of carbonyl (C=O) groups is 4. The highest BCUT2D eigenvalue weighted by molar-refractivity contribution is 6.36. The minimum absolute atomic E-state index is 0.113. The number of methoxy groups -OCH3 is 1. The Morgan fingerprint density at radius 1 is 0.920 bits per heavy atom. The number of hydrazine groups is 1. The summed E-state index contributed by atoms with van der Waals surface area (Å²) in [4.78, 5) is 59.0. The minimum Gasteiger partial charge on any atom is -0.497 e. The molecule has 260 valence electrons. The third kappa shape index (κ3) is 5.27. The molecular weight excluding hydrogens is 681 g/mol. The van der Waals surface area contributed by atoms with Crippen molar-refractivity contribution in [2.24, 2.45) is 23.7 Å². The molecule has 4 aliphatic rings. The Balaban J connectivity index is 1.43. The molecule has 3 aromatic carbocycles. The van der Waals surface area contributed by atoms with Crippen molar-refractivity contribution in [1.82, 2.24) is 9.91 Å². The number of aliphatic hydroxyl groups is 1. The number of amides is 4. The second-order valence-electron chi connectivity index (χ2n) is 13.2. The SMILES string of the molecule is CCCN1C(=O)[C@H]2[C@H](CC=C3[C@H]2C[C@H]2C(=O)N(Nc4ccc(Cl)cc4Cl)C(=O)[C@@]2(c2ccc(OC)cc2)[C@H]3c2ccc(OCCO)cc2)C1=O. The van der Waals surface area contributed by atoms with Gasteiger partial charge in [-0.15, -0.1) is 0 Å². The zero-order valence-corrected chi connectivity index (χ0v) is 29.1. The first-order chi connectivity index (χ1) is 24.1. The Labute approximate surface area is 299 Å². The molecule has 6 atom stereocenters. The van der Waals surface area contributed by atoms with Crippen LogP contribution in [0.3, 0.4) is 0 Å². The first-order valence-corrected chi connectivity index (χ1v) is 17.5. The molecule has 1 saturated carbocycles. The number of allylic oxidation sites excluding steroid dienone is 2. The van der Waals surface area contributed by atoms with Gasteiger partial charge in [-0.05, 0) is 78.8 Å². The number of hydrogen-bond donors (Lipinski definition) is 2. The summed E-state index contributed by atoms with van der Waals surface area (Å²) in [7, 11) is 1.56. The molecule has 3 aromatic rings. The van der Waals surface area contributed by atoms with Crippen LogP contribution in [0.5, 0.6) is 11.5 Å². The number of anilines is 1. The van der Waals surface area contributed by atoms with E-state index in [-0.39, 0.29) is 36.5 Å². The molecular formula is C38H37Cl2N3O7. The number of fused-ring (bicyclic) bond motifs is 4. The fourth-order valence-electron chi connectivity index (χ4n) is 8.65. The van der Waals surface area contributed by atoms with Crippen molar-refractivity contribution in [2.45, 2.75) is 37.5 Å². The number of nitrogens with one attached hydrogen (secondary N) is 1. The number of likely N-dealkylation sites (tertiary alicyclic amines) is 1. The van der Waals surface area contributed by atoms with Gasteiger partial charge in [-0.1, -0.05) is 66.0 Å². The number of imide groups is 2. The van der Waals surface area contributed by atoms with E-state index in [1.807, 2.05) is 37.3 Å². The summed E-state index contributed by atoms with van der Waals surface area (Å²) in [6.45, 7) is 2.23. The van der Waals surface area contributed by atoms with Crippen molar-refractivity contribution in [2.75, 3.05) is 32.3 Å². The van der Waals surface area contributed by atoms with Crippen molar-refractivity contribution in [3.63, 3.8) is 0 Å². The number of carbonyl (C=O) groups excluding carboxylic acids is 4. The molecule has 0 aromatic heterocycles. The lowest BCUT2D eigenvalue weighted by molar-refractivity contribution is -0.141. The molecule has 0 bridgehead atoms. The summed E-state index contributed by atoms with van der Waals surface area (Å²) >= 11 is 12.7. The third-order valence-electron chi connectivity index (χ3n) is 10.7. The van der Waals surface area contributed by atoms with Crippen LogP contribution in [0.25, 0.3) is 0 Å². The van der Waals surface area contributed by atoms with Crippen LogP contribution in [-0.4, -0.2) is 65.5 Å². The average molecular weight is 719 g/mol. The zero-order chi connectivity index (χ0) is 35.3. The van der Waals surface area contributed by atoms with E-state index in [1.54, 1.807) is 43.5 Å². The maximum atomic E-state index is 15.3. The summed E-state index contributed by atoms with van der Waals surface area (Å²) in [5.74, 6) is -3.47. The number of aliphatic hydroxyl groups excluding tert-OH is 1. The molecule has 50 heavy (non-hydrogen) atoms. The molecule has 2 aliphatic heterocycles. The smallest absolute Gasteiger partial charge is 0.260 e. The highest BCUT2D eigenvalue weighted by atomic mass is 35.5. The van der Waals surface area contributed by atoms with Crippen LogP contribution >= 0.6 is 23.2 Å². The van der Waals surface area contributed by atoms with E-state index in [9.17, 15) is 19.5 Å². The molecule has 2 aliphatic carbocycles. The molecule has 10 nitrogen and oxygen atoms in total. The van der Waals surface area contributed by atoms with Crippen LogP contribution in [0.15, 0.2) is 78.4 Å². The third-order valence-corrected chi connectivity index (χ3v) is 11.2. The highest BCUT2D eigenvalue weighted by Crippen LogP contribution is 2.64. The summed E-state index contributed by atoms with van der Waals surface area (Å²) in [5.41, 5.74) is 4.09. The van der Waals surface area contributed by atoms with Gasteiger partial charge < -0.3 is 14.6 Å². The van der Waals surface area contributed by atoms with Crippen LogP contribution in [0.1, 0.15) is 43.2 Å². The van der Waals surface area contributed by atoms with E-state index < -0.39 is 46.8 Å². The van der Waals surface area contributed by atoms with Gasteiger partial charge in [0.15, 0.2) is 0 Å². The Morgan fingerprint density at radius 2 is 1.64 bits per heavy atom. The molecule has 2 saturated heterocycles. The van der Waals surface area contributed by atoms with E-state index >= 15 is 4.79 Å². The molecule has 2 heterocycles. The van der Waals surface area contributed by atoms with E-state index in [1.165, 1.54) is 11.0 Å². The molecule has 3 fully saturated rings. The number of halogens is 2. The first-order valence-electron chi connectivity index (χ1n) is 16.8. The van der Waals surface area contributed by atoms with Gasteiger partial charge in [-0.3, -0.25) is 29.5 Å². The fourth-order valence-corrected chi connectivity index (χ4v) is 9.10. The largest absolute Gasteiger partial charge is 0.497 e. The van der Waals surface area contributed by atoms with Crippen molar-refractivity contribution in [3.8, 4) is 11.5 Å².